The summed E-state index contributed by atoms with van der Waals surface area (Å²) in [7, 11) is 0. The lowest BCUT2D eigenvalue weighted by atomic mass is 10.0. The third kappa shape index (κ3) is 45.7. The van der Waals surface area contributed by atoms with Crippen molar-refractivity contribution in [1.82, 2.24) is 5.32 Å². The number of hydrogen-bond donors (Lipinski definition) is 3. The Morgan fingerprint density at radius 3 is 1.20 bits per heavy atom. The molecular formula is C53H101NO5. The molecular weight excluding hydrogens is 731 g/mol. The summed E-state index contributed by atoms with van der Waals surface area (Å²) in [6.45, 7) is 4.87. The molecule has 1 amide bonds. The number of aliphatic hydroxyl groups is 2. The number of esters is 1. The van der Waals surface area contributed by atoms with E-state index in [0.29, 0.717) is 25.9 Å². The molecule has 348 valence electrons. The molecule has 59 heavy (non-hydrogen) atoms. The molecule has 0 radical (unpaired) electrons. The molecule has 0 rings (SSSR count). The number of aliphatic hydroxyl groups excluding tert-OH is 2. The smallest absolute Gasteiger partial charge is 0.305 e. The number of amides is 1. The molecule has 0 fully saturated rings. The molecule has 0 spiro atoms. The Morgan fingerprint density at radius 2 is 0.797 bits per heavy atom. The Labute approximate surface area is 367 Å². The lowest BCUT2D eigenvalue weighted by Gasteiger charge is -2.22. The normalized spacial score (nSPS) is 12.8. The van der Waals surface area contributed by atoms with E-state index in [2.05, 4.69) is 43.5 Å². The summed E-state index contributed by atoms with van der Waals surface area (Å²) in [6.07, 6.45) is 57.2. The summed E-state index contributed by atoms with van der Waals surface area (Å²) in [4.78, 5) is 24.5. The van der Waals surface area contributed by atoms with Crippen LogP contribution in [0.3, 0.4) is 0 Å². The van der Waals surface area contributed by atoms with Crippen LogP contribution in [0.2, 0.25) is 0 Å². The molecule has 3 N–H and O–H groups in total. The molecule has 0 aliphatic rings. The second kappa shape index (κ2) is 49.0. The minimum absolute atomic E-state index is 0.0343. The topological polar surface area (TPSA) is 95.9 Å². The highest BCUT2D eigenvalue weighted by Gasteiger charge is 2.20. The van der Waals surface area contributed by atoms with Gasteiger partial charge < -0.3 is 20.3 Å². The van der Waals surface area contributed by atoms with Gasteiger partial charge in [-0.1, -0.05) is 212 Å². The average molecular weight is 832 g/mol. The first-order valence-electron chi connectivity index (χ1n) is 26.1. The van der Waals surface area contributed by atoms with Gasteiger partial charge in [-0.3, -0.25) is 9.59 Å². The summed E-state index contributed by atoms with van der Waals surface area (Å²) in [6, 6.07) is -0.562. The number of allylic oxidation sites excluding steroid dienone is 4. The minimum atomic E-state index is -0.681. The van der Waals surface area contributed by atoms with E-state index in [0.717, 1.165) is 83.5 Å². The summed E-state index contributed by atoms with van der Waals surface area (Å²) in [5, 5.41) is 23.2. The molecule has 0 aliphatic carbocycles. The number of carbonyl (C=O) groups is 2. The van der Waals surface area contributed by atoms with Crippen molar-refractivity contribution >= 4 is 11.9 Å². The monoisotopic (exact) mass is 832 g/mol. The van der Waals surface area contributed by atoms with E-state index in [1.807, 2.05) is 0 Å². The summed E-state index contributed by atoms with van der Waals surface area (Å²) in [5.41, 5.74) is 0. The quantitative estimate of drug-likeness (QED) is 0.0322. The van der Waals surface area contributed by atoms with Gasteiger partial charge in [0.2, 0.25) is 5.91 Å². The summed E-state index contributed by atoms with van der Waals surface area (Å²) in [5.74, 6) is -0.0987. The Hall–Kier alpha value is -1.66. The van der Waals surface area contributed by atoms with Gasteiger partial charge in [0.1, 0.15) is 0 Å². The molecule has 6 nitrogen and oxygen atoms in total. The summed E-state index contributed by atoms with van der Waals surface area (Å²) < 4.78 is 5.44. The fourth-order valence-corrected chi connectivity index (χ4v) is 7.92. The zero-order chi connectivity index (χ0) is 43.0. The number of unbranched alkanes of at least 4 members (excludes halogenated alkanes) is 33. The van der Waals surface area contributed by atoms with Crippen LogP contribution in [0.15, 0.2) is 24.3 Å². The SMILES string of the molecule is CCCCCCCCC/C=C\CCCCCCCCCC(=O)OCCCC/C=C\CCCCCCCC(=O)NC(CO)C(O)CCCCCCCCCCCCCCC. The Morgan fingerprint density at radius 1 is 0.458 bits per heavy atom. The van der Waals surface area contributed by atoms with Gasteiger partial charge in [0.25, 0.3) is 0 Å². The lowest BCUT2D eigenvalue weighted by Crippen LogP contribution is -2.45. The van der Waals surface area contributed by atoms with Crippen LogP contribution in [-0.4, -0.2) is 47.4 Å². The third-order valence-electron chi connectivity index (χ3n) is 12.0. The fraction of sp³-hybridized carbons (Fsp3) is 0.887. The predicted molar refractivity (Wildman–Crippen MR) is 255 cm³/mol. The number of ether oxygens (including phenoxy) is 1. The maximum absolute atomic E-state index is 12.4. The average Bonchev–Trinajstić information content (AvgIpc) is 3.24. The van der Waals surface area contributed by atoms with E-state index < -0.39 is 12.1 Å². The van der Waals surface area contributed by atoms with Crippen molar-refractivity contribution < 1.29 is 24.5 Å². The maximum Gasteiger partial charge on any atom is 0.305 e. The van der Waals surface area contributed by atoms with Crippen LogP contribution < -0.4 is 5.32 Å². The van der Waals surface area contributed by atoms with Gasteiger partial charge in [0.05, 0.1) is 25.4 Å². The zero-order valence-electron chi connectivity index (χ0n) is 39.5. The summed E-state index contributed by atoms with van der Waals surface area (Å²) >= 11 is 0. The van der Waals surface area contributed by atoms with Crippen LogP contribution in [0.5, 0.6) is 0 Å². The van der Waals surface area contributed by atoms with Crippen LogP contribution in [-0.2, 0) is 14.3 Å². The highest BCUT2D eigenvalue weighted by molar-refractivity contribution is 5.76. The van der Waals surface area contributed by atoms with Gasteiger partial charge in [-0.2, -0.15) is 0 Å². The molecule has 2 unspecified atom stereocenters. The lowest BCUT2D eigenvalue weighted by molar-refractivity contribution is -0.143. The molecule has 0 heterocycles. The molecule has 0 aromatic rings. The van der Waals surface area contributed by atoms with Crippen LogP contribution in [0, 0.1) is 0 Å². The van der Waals surface area contributed by atoms with E-state index in [1.165, 1.54) is 161 Å². The van der Waals surface area contributed by atoms with Crippen molar-refractivity contribution in [3.8, 4) is 0 Å². The first kappa shape index (κ1) is 57.3. The standard InChI is InChI=1S/C53H101NO5/c1-3-5-7-9-11-13-15-17-18-19-20-21-23-27-31-35-39-43-47-53(58)59-48-44-40-36-32-28-24-26-30-34-38-42-46-52(57)54-50(49-55)51(56)45-41-37-33-29-25-22-16-14-12-10-8-6-4-2/h18-19,28,32,50-51,55-56H,3-17,20-27,29-31,33-49H2,1-2H3,(H,54,57)/b19-18-,32-28-. The van der Waals surface area contributed by atoms with Crippen LogP contribution in [0.25, 0.3) is 0 Å². The van der Waals surface area contributed by atoms with E-state index in [9.17, 15) is 19.8 Å². The van der Waals surface area contributed by atoms with Gasteiger partial charge in [-0.25, -0.2) is 0 Å². The predicted octanol–water partition coefficient (Wildman–Crippen LogP) is 15.5. The van der Waals surface area contributed by atoms with Crippen molar-refractivity contribution in [2.45, 2.75) is 289 Å². The van der Waals surface area contributed by atoms with Crippen molar-refractivity contribution in [3.05, 3.63) is 24.3 Å². The first-order valence-corrected chi connectivity index (χ1v) is 26.1. The number of nitrogens with one attached hydrogen (secondary N) is 1. The Balaban J connectivity index is 3.50. The third-order valence-corrected chi connectivity index (χ3v) is 12.0. The molecule has 0 saturated carbocycles. The van der Waals surface area contributed by atoms with Gasteiger partial charge >= 0.3 is 5.97 Å². The van der Waals surface area contributed by atoms with E-state index >= 15 is 0 Å². The first-order chi connectivity index (χ1) is 29.0. The van der Waals surface area contributed by atoms with Crippen LogP contribution in [0.1, 0.15) is 277 Å². The fourth-order valence-electron chi connectivity index (χ4n) is 7.92. The molecule has 0 aromatic heterocycles. The second-order valence-electron chi connectivity index (χ2n) is 17.8. The molecule has 0 bridgehead atoms. The van der Waals surface area contributed by atoms with Gasteiger partial charge in [0, 0.05) is 12.8 Å². The molecule has 0 saturated heterocycles. The zero-order valence-corrected chi connectivity index (χ0v) is 39.5. The van der Waals surface area contributed by atoms with Crippen LogP contribution >= 0.6 is 0 Å². The van der Waals surface area contributed by atoms with Crippen molar-refractivity contribution in [2.24, 2.45) is 0 Å². The van der Waals surface area contributed by atoms with Gasteiger partial charge in [-0.05, 0) is 77.0 Å². The van der Waals surface area contributed by atoms with E-state index in [-0.39, 0.29) is 18.5 Å². The highest BCUT2D eigenvalue weighted by Crippen LogP contribution is 2.16. The van der Waals surface area contributed by atoms with Gasteiger partial charge in [-0.15, -0.1) is 0 Å². The van der Waals surface area contributed by atoms with Gasteiger partial charge in [0.15, 0.2) is 0 Å². The highest BCUT2D eigenvalue weighted by atomic mass is 16.5. The molecule has 6 heteroatoms. The molecule has 2 atom stereocenters. The second-order valence-corrected chi connectivity index (χ2v) is 17.8. The number of hydrogen-bond acceptors (Lipinski definition) is 5. The van der Waals surface area contributed by atoms with Crippen LogP contribution in [0.4, 0.5) is 0 Å². The van der Waals surface area contributed by atoms with Crippen molar-refractivity contribution in [3.63, 3.8) is 0 Å². The molecule has 0 aromatic carbocycles. The number of rotatable bonds is 48. The van der Waals surface area contributed by atoms with Crippen molar-refractivity contribution in [2.75, 3.05) is 13.2 Å². The molecule has 0 aliphatic heterocycles. The van der Waals surface area contributed by atoms with Crippen molar-refractivity contribution in [1.29, 1.82) is 0 Å². The maximum atomic E-state index is 12.4. The van der Waals surface area contributed by atoms with E-state index in [4.69, 9.17) is 4.74 Å². The van der Waals surface area contributed by atoms with E-state index in [1.54, 1.807) is 0 Å². The largest absolute Gasteiger partial charge is 0.466 e. The number of carbonyl (C=O) groups excluding carboxylic acids is 2. The minimum Gasteiger partial charge on any atom is -0.466 e. The Kier molecular flexibility index (Phi) is 47.6. The Bertz CT molecular complexity index is 920.